The number of rotatable bonds is 2. The summed E-state index contributed by atoms with van der Waals surface area (Å²) in [5, 5.41) is 8.09. The van der Waals surface area contributed by atoms with Crippen LogP contribution < -0.4 is 0 Å². The SMILES string of the molecule is CSc1ncccc1C(=O)N1CCC2(CC1)OCCc1cn[nH]c12. The number of amides is 1. The molecule has 4 rings (SSSR count). The summed E-state index contributed by atoms with van der Waals surface area (Å²) in [6, 6.07) is 3.68. The Bertz CT molecular complexity index is 753. The van der Waals surface area contributed by atoms with Gasteiger partial charge in [-0.1, -0.05) is 0 Å². The van der Waals surface area contributed by atoms with E-state index in [2.05, 4.69) is 15.2 Å². The number of likely N-dealkylation sites (tertiary alicyclic amines) is 1. The summed E-state index contributed by atoms with van der Waals surface area (Å²) < 4.78 is 6.14. The number of piperidine rings is 1. The van der Waals surface area contributed by atoms with Gasteiger partial charge in [-0.25, -0.2) is 4.98 Å². The largest absolute Gasteiger partial charge is 0.368 e. The highest BCUT2D eigenvalue weighted by molar-refractivity contribution is 7.98. The van der Waals surface area contributed by atoms with Gasteiger partial charge < -0.3 is 9.64 Å². The molecule has 0 aromatic carbocycles. The van der Waals surface area contributed by atoms with E-state index in [1.54, 1.807) is 6.20 Å². The molecule has 0 unspecified atom stereocenters. The zero-order valence-electron chi connectivity index (χ0n) is 13.6. The number of ether oxygens (including phenoxy) is 1. The van der Waals surface area contributed by atoms with Gasteiger partial charge in [-0.2, -0.15) is 5.10 Å². The van der Waals surface area contributed by atoms with Crippen molar-refractivity contribution in [2.24, 2.45) is 0 Å². The Morgan fingerprint density at radius 2 is 2.25 bits per heavy atom. The first kappa shape index (κ1) is 15.7. The van der Waals surface area contributed by atoms with E-state index in [-0.39, 0.29) is 11.5 Å². The van der Waals surface area contributed by atoms with Gasteiger partial charge in [0.1, 0.15) is 10.6 Å². The lowest BCUT2D eigenvalue weighted by Gasteiger charge is -2.43. The van der Waals surface area contributed by atoms with Crippen LogP contribution in [0.1, 0.15) is 34.5 Å². The standard InChI is InChI=1S/C17H20N4O2S/c1-24-15-13(3-2-7-18-15)16(22)21-8-5-17(6-9-21)14-12(4-10-23-17)11-19-20-14/h2-3,7,11H,4-6,8-10H2,1H3,(H,19,20). The molecule has 2 aromatic rings. The van der Waals surface area contributed by atoms with Crippen LogP contribution in [0.25, 0.3) is 0 Å². The summed E-state index contributed by atoms with van der Waals surface area (Å²) in [7, 11) is 0. The molecule has 6 nitrogen and oxygen atoms in total. The highest BCUT2D eigenvalue weighted by Crippen LogP contribution is 2.40. The Kier molecular flexibility index (Phi) is 4.05. The van der Waals surface area contributed by atoms with E-state index in [9.17, 15) is 4.79 Å². The summed E-state index contributed by atoms with van der Waals surface area (Å²) >= 11 is 1.50. The second-order valence-corrected chi connectivity index (χ2v) is 7.01. The number of pyridine rings is 1. The summed E-state index contributed by atoms with van der Waals surface area (Å²) in [5.41, 5.74) is 2.73. The molecule has 126 valence electrons. The van der Waals surface area contributed by atoms with E-state index in [0.717, 1.165) is 36.6 Å². The number of carbonyl (C=O) groups excluding carboxylic acids is 1. The van der Waals surface area contributed by atoms with Crippen molar-refractivity contribution >= 4 is 17.7 Å². The molecule has 2 aliphatic rings. The predicted molar refractivity (Wildman–Crippen MR) is 91.1 cm³/mol. The fourth-order valence-electron chi connectivity index (χ4n) is 3.68. The van der Waals surface area contributed by atoms with E-state index in [4.69, 9.17) is 4.74 Å². The van der Waals surface area contributed by atoms with E-state index in [0.29, 0.717) is 18.7 Å². The maximum absolute atomic E-state index is 12.9. The Labute approximate surface area is 145 Å². The fraction of sp³-hybridized carbons (Fsp3) is 0.471. The van der Waals surface area contributed by atoms with Crippen LogP contribution in [0.5, 0.6) is 0 Å². The quantitative estimate of drug-likeness (QED) is 0.846. The smallest absolute Gasteiger partial charge is 0.256 e. The van der Waals surface area contributed by atoms with E-state index >= 15 is 0 Å². The second-order valence-electron chi connectivity index (χ2n) is 6.22. The lowest BCUT2D eigenvalue weighted by molar-refractivity contribution is -0.0962. The topological polar surface area (TPSA) is 71.1 Å². The Hall–Kier alpha value is -1.86. The van der Waals surface area contributed by atoms with E-state index in [1.165, 1.54) is 17.3 Å². The van der Waals surface area contributed by atoms with Crippen LogP contribution >= 0.6 is 11.8 Å². The van der Waals surface area contributed by atoms with Gasteiger partial charge in [0.25, 0.3) is 5.91 Å². The number of H-pyrrole nitrogens is 1. The van der Waals surface area contributed by atoms with E-state index in [1.807, 2.05) is 29.5 Å². The van der Waals surface area contributed by atoms with Gasteiger partial charge in [0.05, 0.1) is 24.1 Å². The van der Waals surface area contributed by atoms with Gasteiger partial charge in [-0.3, -0.25) is 9.89 Å². The predicted octanol–water partition coefficient (Wildman–Crippen LogP) is 2.23. The minimum absolute atomic E-state index is 0.0583. The van der Waals surface area contributed by atoms with Crippen molar-refractivity contribution in [3.05, 3.63) is 41.3 Å². The number of aromatic nitrogens is 3. The van der Waals surface area contributed by atoms with Crippen LogP contribution in [0.2, 0.25) is 0 Å². The zero-order chi connectivity index (χ0) is 16.6. The van der Waals surface area contributed by atoms with Gasteiger partial charge in [0.2, 0.25) is 0 Å². The molecule has 0 bridgehead atoms. The third kappa shape index (κ3) is 2.52. The van der Waals surface area contributed by atoms with Gasteiger partial charge in [0.15, 0.2) is 0 Å². The lowest BCUT2D eigenvalue weighted by atomic mass is 9.83. The van der Waals surface area contributed by atoms with E-state index < -0.39 is 0 Å². The van der Waals surface area contributed by atoms with Crippen LogP contribution in [0, 0.1) is 0 Å². The third-order valence-electron chi connectivity index (χ3n) is 4.98. The number of hydrogen-bond donors (Lipinski definition) is 1. The first-order chi connectivity index (χ1) is 11.7. The molecule has 0 radical (unpaired) electrons. The Morgan fingerprint density at radius 3 is 3.04 bits per heavy atom. The van der Waals surface area contributed by atoms with Gasteiger partial charge >= 0.3 is 0 Å². The number of fused-ring (bicyclic) bond motifs is 2. The average Bonchev–Trinajstić information content (AvgIpc) is 3.12. The Morgan fingerprint density at radius 1 is 1.42 bits per heavy atom. The van der Waals surface area contributed by atoms with Crippen LogP contribution in [-0.2, 0) is 16.8 Å². The molecule has 1 saturated heterocycles. The normalized spacial score (nSPS) is 19.3. The number of nitrogens with zero attached hydrogens (tertiary/aromatic N) is 3. The summed E-state index contributed by atoms with van der Waals surface area (Å²) in [6.07, 6.45) is 8.06. The third-order valence-corrected chi connectivity index (χ3v) is 5.69. The number of hydrogen-bond acceptors (Lipinski definition) is 5. The van der Waals surface area contributed by atoms with Crippen LogP contribution in [-0.4, -0.2) is 51.9 Å². The van der Waals surface area contributed by atoms with Crippen molar-refractivity contribution < 1.29 is 9.53 Å². The molecule has 1 spiro atoms. The Balaban J connectivity index is 1.52. The second kappa shape index (κ2) is 6.22. The minimum Gasteiger partial charge on any atom is -0.368 e. The molecule has 7 heteroatoms. The van der Waals surface area contributed by atoms with Gasteiger partial charge in [-0.15, -0.1) is 11.8 Å². The summed E-state index contributed by atoms with van der Waals surface area (Å²) in [4.78, 5) is 19.1. The molecule has 0 aliphatic carbocycles. The molecule has 1 fully saturated rings. The van der Waals surface area contributed by atoms with Gasteiger partial charge in [0, 0.05) is 19.3 Å². The maximum atomic E-state index is 12.9. The first-order valence-electron chi connectivity index (χ1n) is 8.18. The number of aromatic amines is 1. The van der Waals surface area contributed by atoms with Crippen LogP contribution in [0.3, 0.4) is 0 Å². The summed E-state index contributed by atoms with van der Waals surface area (Å²) in [5.74, 6) is 0.0583. The van der Waals surface area contributed by atoms with Crippen molar-refractivity contribution in [2.45, 2.75) is 29.9 Å². The molecule has 1 amide bonds. The van der Waals surface area contributed by atoms with Crippen molar-refractivity contribution in [2.75, 3.05) is 26.0 Å². The molecule has 1 N–H and O–H groups in total. The number of thioether (sulfide) groups is 1. The number of carbonyl (C=O) groups is 1. The highest BCUT2D eigenvalue weighted by atomic mass is 32.2. The maximum Gasteiger partial charge on any atom is 0.256 e. The molecule has 4 heterocycles. The highest BCUT2D eigenvalue weighted by Gasteiger charge is 2.43. The summed E-state index contributed by atoms with van der Waals surface area (Å²) in [6.45, 7) is 2.08. The minimum atomic E-state index is -0.307. The molecule has 2 aliphatic heterocycles. The zero-order valence-corrected chi connectivity index (χ0v) is 14.4. The van der Waals surface area contributed by atoms with Crippen molar-refractivity contribution in [1.82, 2.24) is 20.1 Å². The van der Waals surface area contributed by atoms with Crippen molar-refractivity contribution in [3.63, 3.8) is 0 Å². The number of nitrogens with one attached hydrogen (secondary N) is 1. The average molecular weight is 344 g/mol. The fourth-order valence-corrected chi connectivity index (χ4v) is 4.22. The van der Waals surface area contributed by atoms with Crippen molar-refractivity contribution in [3.8, 4) is 0 Å². The molecule has 24 heavy (non-hydrogen) atoms. The first-order valence-corrected chi connectivity index (χ1v) is 9.41. The molecular formula is C17H20N4O2S. The molecule has 0 saturated carbocycles. The van der Waals surface area contributed by atoms with Crippen molar-refractivity contribution in [1.29, 1.82) is 0 Å². The molecule has 2 aromatic heterocycles. The van der Waals surface area contributed by atoms with Gasteiger partial charge in [-0.05, 0) is 43.2 Å². The van der Waals surface area contributed by atoms with Crippen LogP contribution in [0.15, 0.2) is 29.6 Å². The van der Waals surface area contributed by atoms with Crippen LogP contribution in [0.4, 0.5) is 0 Å². The lowest BCUT2D eigenvalue weighted by Crippen LogP contribution is -2.48. The molecular weight excluding hydrogens is 324 g/mol. The monoisotopic (exact) mass is 344 g/mol. The molecule has 0 atom stereocenters.